The van der Waals surface area contributed by atoms with Crippen LogP contribution >= 0.6 is 0 Å². The molecule has 3 nitrogen and oxygen atoms in total. The van der Waals surface area contributed by atoms with Crippen molar-refractivity contribution in [3.8, 4) is 11.5 Å². The molecular formula is C10H13NO2. The summed E-state index contributed by atoms with van der Waals surface area (Å²) in [6, 6.07) is 5.97. The van der Waals surface area contributed by atoms with Gasteiger partial charge in [-0.3, -0.25) is 0 Å². The van der Waals surface area contributed by atoms with Crippen LogP contribution in [0.15, 0.2) is 18.2 Å². The van der Waals surface area contributed by atoms with Crippen LogP contribution in [0.3, 0.4) is 0 Å². The van der Waals surface area contributed by atoms with Gasteiger partial charge in [0.15, 0.2) is 11.5 Å². The van der Waals surface area contributed by atoms with Crippen LogP contribution in [-0.4, -0.2) is 19.8 Å². The molecule has 70 valence electrons. The molecule has 1 heterocycles. The standard InChI is InChI=1S/C10H13NO2/c11-4-3-8-1-2-9-10(7-8)13-6-5-12-9/h1-2,7H,3-6,11H2. The summed E-state index contributed by atoms with van der Waals surface area (Å²) in [6.45, 7) is 1.95. The molecule has 0 bridgehead atoms. The highest BCUT2D eigenvalue weighted by Crippen LogP contribution is 2.30. The number of hydrogen-bond acceptors (Lipinski definition) is 3. The van der Waals surface area contributed by atoms with E-state index in [0.717, 1.165) is 17.9 Å². The molecule has 1 aliphatic heterocycles. The van der Waals surface area contributed by atoms with Crippen molar-refractivity contribution in [1.82, 2.24) is 0 Å². The van der Waals surface area contributed by atoms with E-state index in [1.54, 1.807) is 0 Å². The summed E-state index contributed by atoms with van der Waals surface area (Å²) < 4.78 is 10.8. The molecule has 0 saturated heterocycles. The van der Waals surface area contributed by atoms with E-state index in [2.05, 4.69) is 0 Å². The van der Waals surface area contributed by atoms with Crippen LogP contribution in [0.4, 0.5) is 0 Å². The zero-order chi connectivity index (χ0) is 9.10. The normalized spacial score (nSPS) is 14.2. The molecule has 0 unspecified atom stereocenters. The lowest BCUT2D eigenvalue weighted by Crippen LogP contribution is -2.15. The van der Waals surface area contributed by atoms with Crippen molar-refractivity contribution in [2.24, 2.45) is 5.73 Å². The van der Waals surface area contributed by atoms with E-state index in [9.17, 15) is 0 Å². The van der Waals surface area contributed by atoms with Crippen LogP contribution in [0.25, 0.3) is 0 Å². The van der Waals surface area contributed by atoms with Crippen LogP contribution in [0.1, 0.15) is 5.56 Å². The number of ether oxygens (including phenoxy) is 2. The lowest BCUT2D eigenvalue weighted by Gasteiger charge is -2.18. The molecule has 0 atom stereocenters. The predicted octanol–water partition coefficient (Wildman–Crippen LogP) is 0.959. The Morgan fingerprint density at radius 2 is 1.92 bits per heavy atom. The maximum Gasteiger partial charge on any atom is 0.161 e. The average molecular weight is 179 g/mol. The molecule has 1 aromatic carbocycles. The van der Waals surface area contributed by atoms with Crippen LogP contribution in [-0.2, 0) is 6.42 Å². The molecule has 2 rings (SSSR count). The first kappa shape index (κ1) is 8.38. The molecule has 1 aromatic rings. The Kier molecular flexibility index (Phi) is 2.36. The zero-order valence-corrected chi connectivity index (χ0v) is 7.45. The van der Waals surface area contributed by atoms with Crippen molar-refractivity contribution in [1.29, 1.82) is 0 Å². The van der Waals surface area contributed by atoms with Gasteiger partial charge in [0.25, 0.3) is 0 Å². The quantitative estimate of drug-likeness (QED) is 0.735. The molecule has 0 radical (unpaired) electrons. The second kappa shape index (κ2) is 3.66. The smallest absolute Gasteiger partial charge is 0.161 e. The van der Waals surface area contributed by atoms with Crippen LogP contribution < -0.4 is 15.2 Å². The van der Waals surface area contributed by atoms with Gasteiger partial charge in [0, 0.05) is 0 Å². The van der Waals surface area contributed by atoms with Gasteiger partial charge in [-0.05, 0) is 30.7 Å². The van der Waals surface area contributed by atoms with Crippen molar-refractivity contribution in [2.75, 3.05) is 19.8 Å². The lowest BCUT2D eigenvalue weighted by molar-refractivity contribution is 0.171. The first-order valence-corrected chi connectivity index (χ1v) is 4.49. The third-order valence-electron chi connectivity index (χ3n) is 2.04. The van der Waals surface area contributed by atoms with E-state index in [1.165, 1.54) is 5.56 Å². The minimum absolute atomic E-state index is 0.638. The SMILES string of the molecule is NCCc1ccc2c(c1)OCCO2. The Balaban J connectivity index is 2.24. The maximum atomic E-state index is 5.46. The summed E-state index contributed by atoms with van der Waals surface area (Å²) in [5, 5.41) is 0. The van der Waals surface area contributed by atoms with Crippen LogP contribution in [0, 0.1) is 0 Å². The maximum absolute atomic E-state index is 5.46. The number of hydrogen-bond donors (Lipinski definition) is 1. The van der Waals surface area contributed by atoms with Crippen molar-refractivity contribution >= 4 is 0 Å². The van der Waals surface area contributed by atoms with Gasteiger partial charge >= 0.3 is 0 Å². The van der Waals surface area contributed by atoms with E-state index < -0.39 is 0 Å². The molecule has 0 saturated carbocycles. The number of nitrogens with two attached hydrogens (primary N) is 1. The van der Waals surface area contributed by atoms with Gasteiger partial charge in [0.05, 0.1) is 0 Å². The fourth-order valence-electron chi connectivity index (χ4n) is 1.41. The Morgan fingerprint density at radius 3 is 2.69 bits per heavy atom. The molecule has 0 aromatic heterocycles. The van der Waals surface area contributed by atoms with Gasteiger partial charge in [0.1, 0.15) is 13.2 Å². The van der Waals surface area contributed by atoms with Gasteiger partial charge in [-0.25, -0.2) is 0 Å². The molecule has 0 fully saturated rings. The summed E-state index contributed by atoms with van der Waals surface area (Å²) in [4.78, 5) is 0. The highest BCUT2D eigenvalue weighted by atomic mass is 16.6. The van der Waals surface area contributed by atoms with E-state index in [1.807, 2.05) is 18.2 Å². The summed E-state index contributed by atoms with van der Waals surface area (Å²) in [5.41, 5.74) is 6.67. The predicted molar refractivity (Wildman–Crippen MR) is 50.2 cm³/mol. The van der Waals surface area contributed by atoms with Crippen LogP contribution in [0.2, 0.25) is 0 Å². The molecular weight excluding hydrogens is 166 g/mol. The van der Waals surface area contributed by atoms with Crippen molar-refractivity contribution in [3.05, 3.63) is 23.8 Å². The molecule has 3 heteroatoms. The molecule has 13 heavy (non-hydrogen) atoms. The van der Waals surface area contributed by atoms with Crippen molar-refractivity contribution in [3.63, 3.8) is 0 Å². The van der Waals surface area contributed by atoms with Gasteiger partial charge in [-0.15, -0.1) is 0 Å². The monoisotopic (exact) mass is 179 g/mol. The average Bonchev–Trinajstić information content (AvgIpc) is 2.18. The summed E-state index contributed by atoms with van der Waals surface area (Å²) >= 11 is 0. The minimum Gasteiger partial charge on any atom is -0.486 e. The summed E-state index contributed by atoms with van der Waals surface area (Å²) in [6.07, 6.45) is 0.886. The van der Waals surface area contributed by atoms with E-state index in [4.69, 9.17) is 15.2 Å². The minimum atomic E-state index is 0.638. The number of fused-ring (bicyclic) bond motifs is 1. The highest BCUT2D eigenvalue weighted by Gasteiger charge is 2.10. The van der Waals surface area contributed by atoms with Gasteiger partial charge in [-0.2, -0.15) is 0 Å². The second-order valence-corrected chi connectivity index (χ2v) is 3.02. The molecule has 1 aliphatic rings. The fourth-order valence-corrected chi connectivity index (χ4v) is 1.41. The number of rotatable bonds is 2. The highest BCUT2D eigenvalue weighted by molar-refractivity contribution is 5.43. The molecule has 0 amide bonds. The molecule has 2 N–H and O–H groups in total. The second-order valence-electron chi connectivity index (χ2n) is 3.02. The third kappa shape index (κ3) is 1.75. The molecule has 0 spiro atoms. The van der Waals surface area contributed by atoms with Crippen LogP contribution in [0.5, 0.6) is 11.5 Å². The first-order chi connectivity index (χ1) is 6.40. The lowest BCUT2D eigenvalue weighted by atomic mass is 10.1. The summed E-state index contributed by atoms with van der Waals surface area (Å²) in [5.74, 6) is 1.68. The summed E-state index contributed by atoms with van der Waals surface area (Å²) in [7, 11) is 0. The Hall–Kier alpha value is -1.22. The Labute approximate surface area is 77.5 Å². The number of benzene rings is 1. The Morgan fingerprint density at radius 1 is 1.15 bits per heavy atom. The Bertz CT molecular complexity index is 299. The van der Waals surface area contributed by atoms with Crippen molar-refractivity contribution < 1.29 is 9.47 Å². The van der Waals surface area contributed by atoms with E-state index >= 15 is 0 Å². The largest absolute Gasteiger partial charge is 0.486 e. The van der Waals surface area contributed by atoms with Gasteiger partial charge in [-0.1, -0.05) is 6.07 Å². The zero-order valence-electron chi connectivity index (χ0n) is 7.45. The van der Waals surface area contributed by atoms with E-state index in [0.29, 0.717) is 19.8 Å². The van der Waals surface area contributed by atoms with E-state index in [-0.39, 0.29) is 0 Å². The fraction of sp³-hybridized carbons (Fsp3) is 0.400. The van der Waals surface area contributed by atoms with Crippen molar-refractivity contribution in [2.45, 2.75) is 6.42 Å². The van der Waals surface area contributed by atoms with Gasteiger partial charge in [0.2, 0.25) is 0 Å². The van der Waals surface area contributed by atoms with Gasteiger partial charge < -0.3 is 15.2 Å². The third-order valence-corrected chi connectivity index (χ3v) is 2.04. The topological polar surface area (TPSA) is 44.5 Å². The molecule has 0 aliphatic carbocycles. The first-order valence-electron chi connectivity index (χ1n) is 4.49.